The van der Waals surface area contributed by atoms with E-state index in [1.807, 2.05) is 51.1 Å². The molecule has 0 aliphatic carbocycles. The third-order valence-electron chi connectivity index (χ3n) is 3.20. The minimum absolute atomic E-state index is 0.469. The molecule has 24 heavy (non-hydrogen) atoms. The fourth-order valence-corrected chi connectivity index (χ4v) is 2.20. The maximum Gasteiger partial charge on any atom is 0.412 e. The van der Waals surface area contributed by atoms with E-state index in [1.165, 1.54) is 5.56 Å². The van der Waals surface area contributed by atoms with Gasteiger partial charge in [0.2, 0.25) is 0 Å². The van der Waals surface area contributed by atoms with Gasteiger partial charge in [0.1, 0.15) is 11.4 Å². The average Bonchev–Trinajstić information content (AvgIpc) is 2.51. The number of benzene rings is 2. The summed E-state index contributed by atoms with van der Waals surface area (Å²) in [6, 6.07) is 17.7. The van der Waals surface area contributed by atoms with Gasteiger partial charge < -0.3 is 9.47 Å². The predicted octanol–water partition coefficient (Wildman–Crippen LogP) is 5.05. The lowest BCUT2D eigenvalue weighted by molar-refractivity contribution is 0.0636. The molecule has 0 saturated carbocycles. The molecule has 0 aliphatic rings. The van der Waals surface area contributed by atoms with E-state index in [0.29, 0.717) is 12.3 Å². The Morgan fingerprint density at radius 3 is 2.50 bits per heavy atom. The van der Waals surface area contributed by atoms with E-state index in [4.69, 9.17) is 9.47 Å². The van der Waals surface area contributed by atoms with E-state index in [2.05, 4.69) is 17.4 Å². The van der Waals surface area contributed by atoms with E-state index in [0.717, 1.165) is 18.6 Å². The second-order valence-corrected chi connectivity index (χ2v) is 6.59. The van der Waals surface area contributed by atoms with Gasteiger partial charge in [-0.15, -0.1) is 0 Å². The Hall–Kier alpha value is -2.49. The van der Waals surface area contributed by atoms with Crippen molar-refractivity contribution in [3.8, 4) is 5.75 Å². The van der Waals surface area contributed by atoms with Gasteiger partial charge in [0, 0.05) is 11.8 Å². The summed E-state index contributed by atoms with van der Waals surface area (Å²) in [5.41, 5.74) is 1.45. The van der Waals surface area contributed by atoms with Crippen molar-refractivity contribution in [2.24, 2.45) is 0 Å². The van der Waals surface area contributed by atoms with Crippen LogP contribution in [0.4, 0.5) is 10.5 Å². The van der Waals surface area contributed by atoms with Gasteiger partial charge in [0.15, 0.2) is 0 Å². The van der Waals surface area contributed by atoms with Crippen LogP contribution in [-0.4, -0.2) is 18.3 Å². The fourth-order valence-electron chi connectivity index (χ4n) is 2.20. The molecule has 4 heteroatoms. The normalized spacial score (nSPS) is 11.0. The number of anilines is 1. The average molecular weight is 327 g/mol. The standard InChI is InChI=1S/C20H25NO3/c1-20(2,3)24-19(22)21-17-12-7-13-18(15-17)23-14-8-11-16-9-5-4-6-10-16/h4-7,9-10,12-13,15H,8,11,14H2,1-3H3,(H,21,22). The zero-order valence-electron chi connectivity index (χ0n) is 14.5. The molecule has 0 saturated heterocycles. The Morgan fingerprint density at radius 2 is 1.79 bits per heavy atom. The molecule has 0 unspecified atom stereocenters. The highest BCUT2D eigenvalue weighted by Crippen LogP contribution is 2.19. The van der Waals surface area contributed by atoms with Crippen LogP contribution in [0.5, 0.6) is 5.75 Å². The van der Waals surface area contributed by atoms with Crippen LogP contribution in [0.3, 0.4) is 0 Å². The third kappa shape index (κ3) is 6.73. The summed E-state index contributed by atoms with van der Waals surface area (Å²) in [6.07, 6.45) is 1.45. The summed E-state index contributed by atoms with van der Waals surface area (Å²) in [5.74, 6) is 0.733. The van der Waals surface area contributed by atoms with Crippen molar-refractivity contribution < 1.29 is 14.3 Å². The van der Waals surface area contributed by atoms with Crippen molar-refractivity contribution in [3.63, 3.8) is 0 Å². The van der Waals surface area contributed by atoms with Crippen LogP contribution in [0.2, 0.25) is 0 Å². The van der Waals surface area contributed by atoms with Crippen LogP contribution in [-0.2, 0) is 11.2 Å². The molecule has 2 aromatic rings. The number of amides is 1. The van der Waals surface area contributed by atoms with Crippen molar-refractivity contribution in [2.45, 2.75) is 39.2 Å². The van der Waals surface area contributed by atoms with Crippen LogP contribution < -0.4 is 10.1 Å². The number of rotatable bonds is 6. The molecule has 2 aromatic carbocycles. The maximum atomic E-state index is 11.8. The van der Waals surface area contributed by atoms with E-state index >= 15 is 0 Å². The molecular formula is C20H25NO3. The van der Waals surface area contributed by atoms with Crippen LogP contribution in [0.25, 0.3) is 0 Å². The number of carbonyl (C=O) groups excluding carboxylic acids is 1. The van der Waals surface area contributed by atoms with Crippen LogP contribution in [0, 0.1) is 0 Å². The largest absolute Gasteiger partial charge is 0.494 e. The van der Waals surface area contributed by atoms with E-state index in [9.17, 15) is 4.79 Å². The predicted molar refractivity (Wildman–Crippen MR) is 96.6 cm³/mol. The van der Waals surface area contributed by atoms with Gasteiger partial charge in [0.05, 0.1) is 6.61 Å². The molecule has 2 rings (SSSR count). The molecule has 0 atom stereocenters. The third-order valence-corrected chi connectivity index (χ3v) is 3.20. The van der Waals surface area contributed by atoms with Crippen molar-refractivity contribution in [1.82, 2.24) is 0 Å². The molecule has 0 aliphatic heterocycles. The quantitative estimate of drug-likeness (QED) is 0.756. The molecule has 0 aromatic heterocycles. The first kappa shape index (κ1) is 17.9. The lowest BCUT2D eigenvalue weighted by Crippen LogP contribution is -2.27. The number of nitrogens with one attached hydrogen (secondary N) is 1. The second-order valence-electron chi connectivity index (χ2n) is 6.59. The molecule has 1 N–H and O–H groups in total. The molecule has 1 amide bonds. The van der Waals surface area contributed by atoms with Crippen molar-refractivity contribution in [3.05, 3.63) is 60.2 Å². The smallest absolute Gasteiger partial charge is 0.412 e. The molecule has 0 fully saturated rings. The summed E-state index contributed by atoms with van der Waals surface area (Å²) >= 11 is 0. The zero-order chi connectivity index (χ0) is 17.4. The number of ether oxygens (including phenoxy) is 2. The zero-order valence-corrected chi connectivity index (χ0v) is 14.5. The SMILES string of the molecule is CC(C)(C)OC(=O)Nc1cccc(OCCCc2ccccc2)c1. The Balaban J connectivity index is 1.79. The summed E-state index contributed by atoms with van der Waals surface area (Å²) in [7, 11) is 0. The minimum atomic E-state index is -0.518. The summed E-state index contributed by atoms with van der Waals surface area (Å²) < 4.78 is 11.0. The van der Waals surface area contributed by atoms with Crippen molar-refractivity contribution in [2.75, 3.05) is 11.9 Å². The molecule has 0 radical (unpaired) electrons. The topological polar surface area (TPSA) is 47.6 Å². The maximum absolute atomic E-state index is 11.8. The van der Waals surface area contributed by atoms with Gasteiger partial charge in [-0.05, 0) is 51.3 Å². The highest BCUT2D eigenvalue weighted by molar-refractivity contribution is 5.85. The summed E-state index contributed by atoms with van der Waals surface area (Å²) in [6.45, 7) is 6.13. The minimum Gasteiger partial charge on any atom is -0.494 e. The van der Waals surface area contributed by atoms with Crippen molar-refractivity contribution >= 4 is 11.8 Å². The van der Waals surface area contributed by atoms with Crippen LogP contribution in [0.15, 0.2) is 54.6 Å². The van der Waals surface area contributed by atoms with Gasteiger partial charge >= 0.3 is 6.09 Å². The van der Waals surface area contributed by atoms with E-state index in [-0.39, 0.29) is 0 Å². The van der Waals surface area contributed by atoms with Gasteiger partial charge in [-0.2, -0.15) is 0 Å². The summed E-state index contributed by atoms with van der Waals surface area (Å²) in [4.78, 5) is 11.8. The lowest BCUT2D eigenvalue weighted by Gasteiger charge is -2.19. The number of hydrogen-bond acceptors (Lipinski definition) is 3. The van der Waals surface area contributed by atoms with Gasteiger partial charge in [-0.3, -0.25) is 5.32 Å². The first-order valence-electron chi connectivity index (χ1n) is 8.19. The Bertz CT molecular complexity index is 647. The second kappa shape index (κ2) is 8.39. The van der Waals surface area contributed by atoms with Crippen LogP contribution >= 0.6 is 0 Å². The summed E-state index contributed by atoms with van der Waals surface area (Å²) in [5, 5.41) is 2.71. The number of hydrogen-bond donors (Lipinski definition) is 1. The first-order chi connectivity index (χ1) is 11.4. The highest BCUT2D eigenvalue weighted by atomic mass is 16.6. The molecular weight excluding hydrogens is 302 g/mol. The van der Waals surface area contributed by atoms with E-state index in [1.54, 1.807) is 12.1 Å². The Labute approximate surface area is 143 Å². The molecule has 128 valence electrons. The van der Waals surface area contributed by atoms with Crippen LogP contribution in [0.1, 0.15) is 32.8 Å². The lowest BCUT2D eigenvalue weighted by atomic mass is 10.1. The van der Waals surface area contributed by atoms with Gasteiger partial charge in [-0.25, -0.2) is 4.79 Å². The Kier molecular flexibility index (Phi) is 6.24. The molecule has 0 heterocycles. The fraction of sp³-hybridized carbons (Fsp3) is 0.350. The molecule has 0 spiro atoms. The highest BCUT2D eigenvalue weighted by Gasteiger charge is 2.16. The van der Waals surface area contributed by atoms with E-state index < -0.39 is 11.7 Å². The molecule has 0 bridgehead atoms. The van der Waals surface area contributed by atoms with Gasteiger partial charge in [-0.1, -0.05) is 36.4 Å². The van der Waals surface area contributed by atoms with Crippen molar-refractivity contribution in [1.29, 1.82) is 0 Å². The molecule has 4 nitrogen and oxygen atoms in total. The number of aryl methyl sites for hydroxylation is 1. The Morgan fingerprint density at radius 1 is 1.04 bits per heavy atom. The number of carbonyl (C=O) groups is 1. The first-order valence-corrected chi connectivity index (χ1v) is 8.19. The van der Waals surface area contributed by atoms with Gasteiger partial charge in [0.25, 0.3) is 0 Å². The monoisotopic (exact) mass is 327 g/mol.